The summed E-state index contributed by atoms with van der Waals surface area (Å²) in [6.07, 6.45) is 2.77. The zero-order valence-electron chi connectivity index (χ0n) is 11.4. The van der Waals surface area contributed by atoms with Crippen molar-refractivity contribution < 1.29 is 9.59 Å². The molecule has 0 radical (unpaired) electrons. The maximum absolute atomic E-state index is 12.2. The number of carbonyl (C=O) groups excluding carboxylic acids is 2. The summed E-state index contributed by atoms with van der Waals surface area (Å²) in [5.41, 5.74) is 0. The molecule has 0 saturated carbocycles. The number of hydrogen-bond acceptors (Lipinski definition) is 5. The fraction of sp³-hybridized carbons (Fsp3) is 0.615. The molecule has 2 rings (SSSR count). The molecule has 0 aliphatic carbocycles. The van der Waals surface area contributed by atoms with Crippen molar-refractivity contribution in [1.29, 1.82) is 0 Å². The molecule has 1 aromatic rings. The Balaban J connectivity index is 2.03. The predicted molar refractivity (Wildman–Crippen MR) is 73.7 cm³/mol. The predicted octanol–water partition coefficient (Wildman–Crippen LogP) is 1.72. The molecule has 1 N–H and O–H groups in total. The van der Waals surface area contributed by atoms with Gasteiger partial charge >= 0.3 is 0 Å². The summed E-state index contributed by atoms with van der Waals surface area (Å²) in [7, 11) is 0. The topological polar surface area (TPSA) is 62.3 Å². The average molecular weight is 281 g/mol. The van der Waals surface area contributed by atoms with Gasteiger partial charge in [-0.05, 0) is 20.3 Å². The standard InChI is InChI=1S/C13H19N3O2S/c1-4-8(2)16-11(17)7-10(13(16)18)15-9(3)12-14-5-6-19-12/h5-6,8-10,15H,4,7H2,1-3H3. The van der Waals surface area contributed by atoms with E-state index in [1.54, 1.807) is 17.5 Å². The quantitative estimate of drug-likeness (QED) is 0.835. The van der Waals surface area contributed by atoms with Gasteiger partial charge < -0.3 is 0 Å². The zero-order chi connectivity index (χ0) is 14.0. The van der Waals surface area contributed by atoms with E-state index in [9.17, 15) is 9.59 Å². The molecule has 1 aliphatic rings. The monoisotopic (exact) mass is 281 g/mol. The summed E-state index contributed by atoms with van der Waals surface area (Å²) in [5.74, 6) is -0.189. The number of nitrogens with zero attached hydrogens (tertiary/aromatic N) is 2. The third kappa shape index (κ3) is 2.84. The van der Waals surface area contributed by atoms with Crippen molar-refractivity contribution in [1.82, 2.24) is 15.2 Å². The van der Waals surface area contributed by atoms with Crippen LogP contribution in [0.2, 0.25) is 0 Å². The molecule has 6 heteroatoms. The van der Waals surface area contributed by atoms with Crippen molar-refractivity contribution in [3.63, 3.8) is 0 Å². The number of thiazole rings is 1. The van der Waals surface area contributed by atoms with Gasteiger partial charge in [0.05, 0.1) is 18.5 Å². The summed E-state index contributed by atoms with van der Waals surface area (Å²) < 4.78 is 0. The molecule has 104 valence electrons. The number of carbonyl (C=O) groups is 2. The number of aromatic nitrogens is 1. The lowest BCUT2D eigenvalue weighted by molar-refractivity contribution is -0.141. The minimum Gasteiger partial charge on any atom is -0.297 e. The van der Waals surface area contributed by atoms with Gasteiger partial charge in [-0.3, -0.25) is 19.8 Å². The first-order valence-electron chi connectivity index (χ1n) is 6.56. The molecule has 0 bridgehead atoms. The number of rotatable bonds is 5. The van der Waals surface area contributed by atoms with Crippen molar-refractivity contribution >= 4 is 23.2 Å². The van der Waals surface area contributed by atoms with Crippen LogP contribution in [0.5, 0.6) is 0 Å². The van der Waals surface area contributed by atoms with Crippen LogP contribution in [0.4, 0.5) is 0 Å². The fourth-order valence-electron chi connectivity index (χ4n) is 2.25. The van der Waals surface area contributed by atoms with E-state index in [-0.39, 0.29) is 30.3 Å². The van der Waals surface area contributed by atoms with Crippen molar-refractivity contribution in [3.05, 3.63) is 16.6 Å². The van der Waals surface area contributed by atoms with E-state index >= 15 is 0 Å². The van der Waals surface area contributed by atoms with Crippen LogP contribution in [-0.4, -0.2) is 33.8 Å². The zero-order valence-corrected chi connectivity index (χ0v) is 12.2. The summed E-state index contributed by atoms with van der Waals surface area (Å²) in [6.45, 7) is 5.84. The van der Waals surface area contributed by atoms with Crippen molar-refractivity contribution in [2.45, 2.75) is 51.7 Å². The Kier molecular flexibility index (Phi) is 4.31. The summed E-state index contributed by atoms with van der Waals surface area (Å²) in [4.78, 5) is 29.8. The molecule has 1 aliphatic heterocycles. The number of likely N-dealkylation sites (tertiary alicyclic amines) is 1. The fourth-order valence-corrected chi connectivity index (χ4v) is 2.90. The third-order valence-corrected chi connectivity index (χ3v) is 4.45. The average Bonchev–Trinajstić information content (AvgIpc) is 2.98. The Morgan fingerprint density at radius 2 is 2.26 bits per heavy atom. The van der Waals surface area contributed by atoms with Gasteiger partial charge in [-0.15, -0.1) is 11.3 Å². The minimum absolute atomic E-state index is 0.0152. The number of amides is 2. The van der Waals surface area contributed by atoms with Crippen LogP contribution in [0.15, 0.2) is 11.6 Å². The van der Waals surface area contributed by atoms with Crippen molar-refractivity contribution in [2.24, 2.45) is 0 Å². The second-order valence-corrected chi connectivity index (χ2v) is 5.80. The van der Waals surface area contributed by atoms with Gasteiger partial charge in [-0.25, -0.2) is 4.98 Å². The highest BCUT2D eigenvalue weighted by molar-refractivity contribution is 7.09. The van der Waals surface area contributed by atoms with Crippen LogP contribution in [0, 0.1) is 0 Å². The van der Waals surface area contributed by atoms with E-state index < -0.39 is 6.04 Å². The highest BCUT2D eigenvalue weighted by atomic mass is 32.1. The highest BCUT2D eigenvalue weighted by Gasteiger charge is 2.41. The van der Waals surface area contributed by atoms with Gasteiger partial charge in [0.2, 0.25) is 11.8 Å². The van der Waals surface area contributed by atoms with Crippen LogP contribution in [0.1, 0.15) is 44.7 Å². The molecule has 5 nitrogen and oxygen atoms in total. The molecule has 2 heterocycles. The first-order chi connectivity index (χ1) is 9.04. The molecule has 1 fully saturated rings. The van der Waals surface area contributed by atoms with Gasteiger partial charge in [-0.1, -0.05) is 6.92 Å². The SMILES string of the molecule is CCC(C)N1C(=O)CC(NC(C)c2nccs2)C1=O. The maximum atomic E-state index is 12.2. The molecule has 19 heavy (non-hydrogen) atoms. The second-order valence-electron chi connectivity index (χ2n) is 4.87. The molecule has 3 unspecified atom stereocenters. The smallest absolute Gasteiger partial charge is 0.247 e. The molecule has 1 aromatic heterocycles. The van der Waals surface area contributed by atoms with E-state index in [0.29, 0.717) is 0 Å². The Bertz CT molecular complexity index is 460. The number of hydrogen-bond donors (Lipinski definition) is 1. The van der Waals surface area contributed by atoms with Gasteiger partial charge in [0.1, 0.15) is 5.01 Å². The molecular weight excluding hydrogens is 262 g/mol. The highest BCUT2D eigenvalue weighted by Crippen LogP contribution is 2.22. The molecule has 0 spiro atoms. The summed E-state index contributed by atoms with van der Waals surface area (Å²) in [6, 6.07) is -0.457. The Labute approximate surface area is 117 Å². The second kappa shape index (κ2) is 5.79. The van der Waals surface area contributed by atoms with E-state index in [1.807, 2.05) is 26.2 Å². The molecular formula is C13H19N3O2S. The first-order valence-corrected chi connectivity index (χ1v) is 7.43. The summed E-state index contributed by atoms with van der Waals surface area (Å²) >= 11 is 1.54. The van der Waals surface area contributed by atoms with Crippen LogP contribution >= 0.6 is 11.3 Å². The van der Waals surface area contributed by atoms with E-state index in [0.717, 1.165) is 11.4 Å². The normalized spacial score (nSPS) is 22.9. The molecule has 1 saturated heterocycles. The minimum atomic E-state index is -0.416. The lowest BCUT2D eigenvalue weighted by atomic mass is 10.2. The number of nitrogens with one attached hydrogen (secondary N) is 1. The third-order valence-electron chi connectivity index (χ3n) is 3.49. The lowest BCUT2D eigenvalue weighted by Crippen LogP contribution is -2.43. The van der Waals surface area contributed by atoms with Crippen LogP contribution < -0.4 is 5.32 Å². The van der Waals surface area contributed by atoms with Crippen LogP contribution in [0.3, 0.4) is 0 Å². The Morgan fingerprint density at radius 3 is 2.84 bits per heavy atom. The van der Waals surface area contributed by atoms with Crippen LogP contribution in [0.25, 0.3) is 0 Å². The summed E-state index contributed by atoms with van der Waals surface area (Å²) in [5, 5.41) is 6.04. The number of imide groups is 1. The Morgan fingerprint density at radius 1 is 1.53 bits per heavy atom. The van der Waals surface area contributed by atoms with Gasteiger partial charge in [0, 0.05) is 17.6 Å². The van der Waals surface area contributed by atoms with E-state index in [1.165, 1.54) is 4.90 Å². The van der Waals surface area contributed by atoms with E-state index in [2.05, 4.69) is 10.3 Å². The van der Waals surface area contributed by atoms with Gasteiger partial charge in [0.15, 0.2) is 0 Å². The first kappa shape index (κ1) is 14.1. The lowest BCUT2D eigenvalue weighted by Gasteiger charge is -2.22. The van der Waals surface area contributed by atoms with Gasteiger partial charge in [0.25, 0.3) is 0 Å². The van der Waals surface area contributed by atoms with Crippen molar-refractivity contribution in [3.8, 4) is 0 Å². The molecule has 0 aromatic carbocycles. The van der Waals surface area contributed by atoms with E-state index in [4.69, 9.17) is 0 Å². The van der Waals surface area contributed by atoms with Crippen LogP contribution in [-0.2, 0) is 9.59 Å². The largest absolute Gasteiger partial charge is 0.297 e. The molecule has 3 atom stereocenters. The Hall–Kier alpha value is -1.27. The maximum Gasteiger partial charge on any atom is 0.247 e. The van der Waals surface area contributed by atoms with Crippen molar-refractivity contribution in [2.75, 3.05) is 0 Å². The molecule has 2 amide bonds. The van der Waals surface area contributed by atoms with Gasteiger partial charge in [-0.2, -0.15) is 0 Å².